The smallest absolute Gasteiger partial charge is 0.331 e. The van der Waals surface area contributed by atoms with Crippen molar-refractivity contribution in [1.29, 1.82) is 0 Å². The molecule has 1 saturated heterocycles. The van der Waals surface area contributed by atoms with Gasteiger partial charge in [-0.25, -0.2) is 14.8 Å². The Hall–Kier alpha value is -3.91. The first-order chi connectivity index (χ1) is 17.2. The molecular weight excluding hydrogens is 460 g/mol. The summed E-state index contributed by atoms with van der Waals surface area (Å²) in [6, 6.07) is 1.76. The fraction of sp³-hybridized carbons (Fsp3) is 0.480. The highest BCUT2D eigenvalue weighted by atomic mass is 16.2. The maximum absolute atomic E-state index is 13.9. The zero-order chi connectivity index (χ0) is 26.1. The van der Waals surface area contributed by atoms with Crippen molar-refractivity contribution in [2.45, 2.75) is 52.7 Å². The Kier molecular flexibility index (Phi) is 6.99. The summed E-state index contributed by atoms with van der Waals surface area (Å²) >= 11 is 0. The summed E-state index contributed by atoms with van der Waals surface area (Å²) in [5.41, 5.74) is 7.46. The highest BCUT2D eigenvalue weighted by Crippen LogP contribution is 2.32. The minimum atomic E-state index is -0.555. The second-order valence-electron chi connectivity index (χ2n) is 9.14. The van der Waals surface area contributed by atoms with Gasteiger partial charge in [-0.15, -0.1) is 5.92 Å². The third-order valence-electron chi connectivity index (χ3n) is 6.46. The molecule has 4 heterocycles. The van der Waals surface area contributed by atoms with Crippen LogP contribution in [0.15, 0.2) is 15.7 Å². The Balaban J connectivity index is 2.08. The molecule has 0 unspecified atom stereocenters. The molecule has 1 aliphatic rings. The van der Waals surface area contributed by atoms with E-state index in [1.54, 1.807) is 18.5 Å². The van der Waals surface area contributed by atoms with Gasteiger partial charge in [-0.3, -0.25) is 18.7 Å². The Morgan fingerprint density at radius 3 is 2.50 bits per heavy atom. The number of nitrogens with two attached hydrogens (primary N) is 1. The number of amides is 1. The molecule has 1 fully saturated rings. The van der Waals surface area contributed by atoms with Gasteiger partial charge in [0.15, 0.2) is 0 Å². The molecule has 0 radical (unpaired) electrons. The number of hydrogen-bond acceptors (Lipinski definition) is 7. The molecule has 3 aromatic heterocycles. The minimum absolute atomic E-state index is 0.0674. The van der Waals surface area contributed by atoms with Crippen LogP contribution in [0.4, 0.5) is 5.82 Å². The third kappa shape index (κ3) is 4.40. The molecule has 0 aliphatic carbocycles. The van der Waals surface area contributed by atoms with E-state index >= 15 is 0 Å². The fourth-order valence-corrected chi connectivity index (χ4v) is 4.96. The average Bonchev–Trinajstić information content (AvgIpc) is 3.18. The molecule has 11 heteroatoms. The minimum Gasteiger partial charge on any atom is -0.356 e. The number of carbonyl (C=O) groups excluding carboxylic acids is 1. The predicted molar refractivity (Wildman–Crippen MR) is 138 cm³/mol. The van der Waals surface area contributed by atoms with Gasteiger partial charge in [0.1, 0.15) is 22.7 Å². The van der Waals surface area contributed by atoms with Crippen molar-refractivity contribution in [2.24, 2.45) is 12.8 Å². The van der Waals surface area contributed by atoms with Crippen LogP contribution < -0.4 is 27.2 Å². The van der Waals surface area contributed by atoms with Crippen LogP contribution in [0.1, 0.15) is 47.3 Å². The van der Waals surface area contributed by atoms with E-state index < -0.39 is 11.2 Å². The summed E-state index contributed by atoms with van der Waals surface area (Å²) in [5.74, 6) is 6.43. The van der Waals surface area contributed by atoms with Gasteiger partial charge in [0.05, 0.1) is 18.6 Å². The molecule has 3 aromatic rings. The fourth-order valence-electron chi connectivity index (χ4n) is 4.96. The number of nitrogens with one attached hydrogen (secondary N) is 1. The Labute approximate surface area is 208 Å². The van der Waals surface area contributed by atoms with Crippen molar-refractivity contribution in [3.05, 3.63) is 49.7 Å². The van der Waals surface area contributed by atoms with Crippen LogP contribution in [0.25, 0.3) is 11.0 Å². The molecule has 36 heavy (non-hydrogen) atoms. The SMILES string of the molecule is CC#CCn1c(N2CCC[C@@H](N)C2)c(C(=O)NC)c2c1c(=O)n(Cc1nc(C)cc(C)n1)c(=O)n2C. The number of carbonyl (C=O) groups is 1. The molecule has 4 rings (SSSR count). The molecule has 0 saturated carbocycles. The number of rotatable bonds is 5. The van der Waals surface area contributed by atoms with Crippen molar-refractivity contribution in [3.8, 4) is 11.8 Å². The standard InChI is InChI=1S/C25H32N8O3/c1-6-7-11-32-21-20(19(22(34)27-4)23(32)31-10-8-9-17(26)13-31)30(5)25(36)33(24(21)35)14-18-28-15(2)12-16(3)29-18/h12,17H,8-11,13-14,26H2,1-5H3,(H,27,34)/t17-/m1/s1. The number of piperidine rings is 1. The van der Waals surface area contributed by atoms with Crippen LogP contribution in [0, 0.1) is 25.7 Å². The summed E-state index contributed by atoms with van der Waals surface area (Å²) in [5, 5.41) is 2.68. The zero-order valence-electron chi connectivity index (χ0n) is 21.4. The van der Waals surface area contributed by atoms with E-state index in [-0.39, 0.29) is 41.6 Å². The Morgan fingerprint density at radius 1 is 1.19 bits per heavy atom. The van der Waals surface area contributed by atoms with Crippen LogP contribution in [0.5, 0.6) is 0 Å². The average molecular weight is 493 g/mol. The first-order valence-corrected chi connectivity index (χ1v) is 12.0. The van der Waals surface area contributed by atoms with Crippen LogP contribution in [-0.4, -0.2) is 55.8 Å². The van der Waals surface area contributed by atoms with Crippen LogP contribution in [0.2, 0.25) is 0 Å². The van der Waals surface area contributed by atoms with Gasteiger partial charge < -0.3 is 20.5 Å². The van der Waals surface area contributed by atoms with Crippen LogP contribution >= 0.6 is 0 Å². The van der Waals surface area contributed by atoms with Gasteiger partial charge in [0, 0.05) is 44.6 Å². The van der Waals surface area contributed by atoms with E-state index in [1.165, 1.54) is 11.6 Å². The van der Waals surface area contributed by atoms with Gasteiger partial charge >= 0.3 is 5.69 Å². The molecular formula is C25H32N8O3. The lowest BCUT2D eigenvalue weighted by Crippen LogP contribution is -2.44. The first kappa shape index (κ1) is 25.2. The molecule has 0 aromatic carbocycles. The van der Waals surface area contributed by atoms with Crippen molar-refractivity contribution < 1.29 is 4.79 Å². The molecule has 11 nitrogen and oxygen atoms in total. The largest absolute Gasteiger partial charge is 0.356 e. The number of nitrogens with zero attached hydrogens (tertiary/aromatic N) is 6. The molecule has 1 atom stereocenters. The highest BCUT2D eigenvalue weighted by molar-refractivity contribution is 6.11. The summed E-state index contributed by atoms with van der Waals surface area (Å²) in [6.07, 6.45) is 1.73. The quantitative estimate of drug-likeness (QED) is 0.489. The lowest BCUT2D eigenvalue weighted by molar-refractivity contribution is 0.0964. The molecule has 1 amide bonds. The Bertz CT molecular complexity index is 1500. The lowest BCUT2D eigenvalue weighted by Gasteiger charge is -2.33. The second kappa shape index (κ2) is 9.99. The summed E-state index contributed by atoms with van der Waals surface area (Å²) in [6.45, 7) is 6.67. The first-order valence-electron chi connectivity index (χ1n) is 12.0. The third-order valence-corrected chi connectivity index (χ3v) is 6.46. The van der Waals surface area contributed by atoms with Crippen molar-refractivity contribution in [1.82, 2.24) is 29.0 Å². The Morgan fingerprint density at radius 2 is 1.89 bits per heavy atom. The van der Waals surface area contributed by atoms with E-state index in [9.17, 15) is 14.4 Å². The van der Waals surface area contributed by atoms with Gasteiger partial charge in [0.2, 0.25) is 0 Å². The number of anilines is 1. The number of fused-ring (bicyclic) bond motifs is 1. The van der Waals surface area contributed by atoms with Crippen molar-refractivity contribution in [3.63, 3.8) is 0 Å². The van der Waals surface area contributed by atoms with Crippen molar-refractivity contribution >= 4 is 22.8 Å². The van der Waals surface area contributed by atoms with E-state index in [1.807, 2.05) is 24.8 Å². The van der Waals surface area contributed by atoms with Gasteiger partial charge in [0.25, 0.3) is 11.5 Å². The van der Waals surface area contributed by atoms with E-state index in [2.05, 4.69) is 27.1 Å². The van der Waals surface area contributed by atoms with Crippen LogP contribution in [-0.2, 0) is 20.1 Å². The molecule has 3 N–H and O–H groups in total. The van der Waals surface area contributed by atoms with E-state index in [0.29, 0.717) is 24.7 Å². The number of hydrogen-bond donors (Lipinski definition) is 2. The summed E-state index contributed by atoms with van der Waals surface area (Å²) in [7, 11) is 3.09. The topological polar surface area (TPSA) is 133 Å². The number of aromatic nitrogens is 5. The van der Waals surface area contributed by atoms with Crippen LogP contribution in [0.3, 0.4) is 0 Å². The normalized spacial score (nSPS) is 15.6. The summed E-state index contributed by atoms with van der Waals surface area (Å²) in [4.78, 5) is 51.5. The molecule has 0 bridgehead atoms. The molecule has 190 valence electrons. The van der Waals surface area contributed by atoms with Gasteiger partial charge in [-0.05, 0) is 39.7 Å². The summed E-state index contributed by atoms with van der Waals surface area (Å²) < 4.78 is 4.22. The van der Waals surface area contributed by atoms with Gasteiger partial charge in [-0.1, -0.05) is 5.92 Å². The van der Waals surface area contributed by atoms with E-state index in [4.69, 9.17) is 5.73 Å². The predicted octanol–water partition coefficient (Wildman–Crippen LogP) is 0.267. The van der Waals surface area contributed by atoms with Crippen molar-refractivity contribution in [2.75, 3.05) is 25.0 Å². The molecule has 1 aliphatic heterocycles. The number of aryl methyl sites for hydroxylation is 3. The maximum Gasteiger partial charge on any atom is 0.331 e. The zero-order valence-corrected chi connectivity index (χ0v) is 21.4. The monoisotopic (exact) mass is 492 g/mol. The lowest BCUT2D eigenvalue weighted by atomic mass is 10.1. The second-order valence-corrected chi connectivity index (χ2v) is 9.14. The highest BCUT2D eigenvalue weighted by Gasteiger charge is 2.32. The molecule has 0 spiro atoms. The van der Waals surface area contributed by atoms with E-state index in [0.717, 1.165) is 28.8 Å². The maximum atomic E-state index is 13.9. The van der Waals surface area contributed by atoms with Gasteiger partial charge in [-0.2, -0.15) is 0 Å².